The van der Waals surface area contributed by atoms with Crippen LogP contribution in [0.3, 0.4) is 0 Å². The van der Waals surface area contributed by atoms with Crippen LogP contribution in [0.25, 0.3) is 0 Å². The van der Waals surface area contributed by atoms with Crippen molar-refractivity contribution >= 4 is 11.6 Å². The number of rotatable bonds is 1. The molecule has 0 saturated heterocycles. The highest BCUT2D eigenvalue weighted by molar-refractivity contribution is 5.80. The Bertz CT molecular complexity index is 260. The molecule has 2 fully saturated rings. The molecule has 15 heavy (non-hydrogen) atoms. The van der Waals surface area contributed by atoms with Crippen molar-refractivity contribution in [2.45, 2.75) is 51.9 Å². The summed E-state index contributed by atoms with van der Waals surface area (Å²) in [6.45, 7) is 2.21. The van der Waals surface area contributed by atoms with E-state index < -0.39 is 0 Å². The third-order valence-corrected chi connectivity index (χ3v) is 4.23. The summed E-state index contributed by atoms with van der Waals surface area (Å²) in [6.07, 6.45) is 6.32. The van der Waals surface area contributed by atoms with Gasteiger partial charge >= 0.3 is 0 Å². The monoisotopic (exact) mass is 208 g/mol. The van der Waals surface area contributed by atoms with E-state index in [9.17, 15) is 9.59 Å². The fraction of sp³-hybridized carbons (Fsp3) is 0.846. The lowest BCUT2D eigenvalue weighted by Gasteiger charge is -2.36. The molecule has 0 aliphatic heterocycles. The van der Waals surface area contributed by atoms with Gasteiger partial charge in [0.2, 0.25) is 0 Å². The zero-order valence-corrected chi connectivity index (χ0v) is 9.50. The maximum absolute atomic E-state index is 11.3. The summed E-state index contributed by atoms with van der Waals surface area (Å²) < 4.78 is 0. The van der Waals surface area contributed by atoms with E-state index in [0.717, 1.165) is 44.9 Å². The summed E-state index contributed by atoms with van der Waals surface area (Å²) in [5.74, 6) is 2.84. The molecule has 0 bridgehead atoms. The van der Waals surface area contributed by atoms with Gasteiger partial charge in [-0.1, -0.05) is 6.92 Å². The van der Waals surface area contributed by atoms with Crippen LogP contribution in [0.1, 0.15) is 51.9 Å². The SMILES string of the molecule is CC1CC(=O)CCC1C1CCC(=O)CC1. The highest BCUT2D eigenvalue weighted by atomic mass is 16.1. The van der Waals surface area contributed by atoms with Crippen LogP contribution >= 0.6 is 0 Å². The summed E-state index contributed by atoms with van der Waals surface area (Å²) in [7, 11) is 0. The number of carbonyl (C=O) groups excluding carboxylic acids is 2. The Kier molecular flexibility index (Phi) is 3.22. The third kappa shape index (κ3) is 2.47. The lowest BCUT2D eigenvalue weighted by Crippen LogP contribution is -2.31. The summed E-state index contributed by atoms with van der Waals surface area (Å²) in [5, 5.41) is 0. The number of hydrogen-bond acceptors (Lipinski definition) is 2. The molecule has 2 unspecified atom stereocenters. The van der Waals surface area contributed by atoms with Gasteiger partial charge in [0, 0.05) is 25.7 Å². The van der Waals surface area contributed by atoms with Crippen molar-refractivity contribution in [1.29, 1.82) is 0 Å². The van der Waals surface area contributed by atoms with E-state index in [2.05, 4.69) is 6.92 Å². The lowest BCUT2D eigenvalue weighted by atomic mass is 9.68. The van der Waals surface area contributed by atoms with Gasteiger partial charge in [-0.2, -0.15) is 0 Å². The Morgan fingerprint density at radius 1 is 0.933 bits per heavy atom. The predicted octanol–water partition coefficient (Wildman–Crippen LogP) is 2.75. The molecule has 0 amide bonds. The molecule has 2 nitrogen and oxygen atoms in total. The molecule has 2 atom stereocenters. The van der Waals surface area contributed by atoms with Crippen LogP contribution in [0.15, 0.2) is 0 Å². The summed E-state index contributed by atoms with van der Waals surface area (Å²) in [6, 6.07) is 0. The molecule has 0 aromatic heterocycles. The van der Waals surface area contributed by atoms with Crippen molar-refractivity contribution < 1.29 is 9.59 Å². The second kappa shape index (κ2) is 4.46. The van der Waals surface area contributed by atoms with E-state index in [1.165, 1.54) is 0 Å². The van der Waals surface area contributed by atoms with Gasteiger partial charge in [0.1, 0.15) is 11.6 Å². The van der Waals surface area contributed by atoms with Crippen LogP contribution in [-0.4, -0.2) is 11.6 Å². The van der Waals surface area contributed by atoms with E-state index in [1.54, 1.807) is 0 Å². The molecule has 84 valence electrons. The van der Waals surface area contributed by atoms with E-state index in [0.29, 0.717) is 29.3 Å². The Labute approximate surface area is 91.4 Å². The van der Waals surface area contributed by atoms with Crippen LogP contribution in [-0.2, 0) is 9.59 Å². The molecule has 0 heterocycles. The normalized spacial score (nSPS) is 34.5. The molecule has 2 heteroatoms. The number of carbonyl (C=O) groups is 2. The van der Waals surface area contributed by atoms with E-state index >= 15 is 0 Å². The molecule has 2 rings (SSSR count). The van der Waals surface area contributed by atoms with Crippen LogP contribution in [0.5, 0.6) is 0 Å². The summed E-state index contributed by atoms with van der Waals surface area (Å²) >= 11 is 0. The topological polar surface area (TPSA) is 34.1 Å². The van der Waals surface area contributed by atoms with Crippen molar-refractivity contribution in [2.24, 2.45) is 17.8 Å². The Hall–Kier alpha value is -0.660. The minimum atomic E-state index is 0.436. The molecular weight excluding hydrogens is 188 g/mol. The summed E-state index contributed by atoms with van der Waals surface area (Å²) in [4.78, 5) is 22.5. The molecule has 0 aromatic rings. The number of Topliss-reactive ketones (excluding diaryl/α,β-unsaturated/α-hetero) is 2. The van der Waals surface area contributed by atoms with Gasteiger partial charge in [0.05, 0.1) is 0 Å². The van der Waals surface area contributed by atoms with Crippen molar-refractivity contribution in [2.75, 3.05) is 0 Å². The van der Waals surface area contributed by atoms with Gasteiger partial charge in [0.15, 0.2) is 0 Å². The first-order valence-corrected chi connectivity index (χ1v) is 6.20. The van der Waals surface area contributed by atoms with E-state index in [1.807, 2.05) is 0 Å². The first kappa shape index (κ1) is 10.8. The average Bonchev–Trinajstić information content (AvgIpc) is 2.20. The van der Waals surface area contributed by atoms with Gasteiger partial charge in [-0.25, -0.2) is 0 Å². The van der Waals surface area contributed by atoms with Crippen LogP contribution < -0.4 is 0 Å². The zero-order chi connectivity index (χ0) is 10.8. The molecular formula is C13H20O2. The fourth-order valence-corrected chi connectivity index (χ4v) is 3.32. The number of hydrogen-bond donors (Lipinski definition) is 0. The van der Waals surface area contributed by atoms with Gasteiger partial charge in [-0.15, -0.1) is 0 Å². The lowest BCUT2D eigenvalue weighted by molar-refractivity contribution is -0.125. The molecule has 0 spiro atoms. The predicted molar refractivity (Wildman–Crippen MR) is 58.5 cm³/mol. The Balaban J connectivity index is 1.92. The molecule has 2 aliphatic carbocycles. The smallest absolute Gasteiger partial charge is 0.133 e. The first-order valence-electron chi connectivity index (χ1n) is 6.20. The quantitative estimate of drug-likeness (QED) is 0.664. The second-order valence-electron chi connectivity index (χ2n) is 5.30. The Morgan fingerprint density at radius 2 is 1.53 bits per heavy atom. The molecule has 0 aromatic carbocycles. The number of ketones is 2. The van der Waals surface area contributed by atoms with E-state index in [4.69, 9.17) is 0 Å². The summed E-state index contributed by atoms with van der Waals surface area (Å²) in [5.41, 5.74) is 0. The zero-order valence-electron chi connectivity index (χ0n) is 9.50. The molecule has 2 saturated carbocycles. The average molecular weight is 208 g/mol. The van der Waals surface area contributed by atoms with Crippen LogP contribution in [0.4, 0.5) is 0 Å². The molecule has 0 radical (unpaired) electrons. The maximum Gasteiger partial charge on any atom is 0.133 e. The standard InChI is InChI=1S/C13H20O2/c1-9-8-12(15)6-7-13(9)10-2-4-11(14)5-3-10/h9-10,13H,2-8H2,1H3. The van der Waals surface area contributed by atoms with Crippen molar-refractivity contribution in [3.8, 4) is 0 Å². The van der Waals surface area contributed by atoms with E-state index in [-0.39, 0.29) is 0 Å². The van der Waals surface area contributed by atoms with Gasteiger partial charge in [0.25, 0.3) is 0 Å². The van der Waals surface area contributed by atoms with Crippen LogP contribution in [0, 0.1) is 17.8 Å². The second-order valence-corrected chi connectivity index (χ2v) is 5.30. The van der Waals surface area contributed by atoms with Crippen LogP contribution in [0.2, 0.25) is 0 Å². The van der Waals surface area contributed by atoms with Crippen molar-refractivity contribution in [3.63, 3.8) is 0 Å². The van der Waals surface area contributed by atoms with Crippen molar-refractivity contribution in [1.82, 2.24) is 0 Å². The highest BCUT2D eigenvalue weighted by Crippen LogP contribution is 2.39. The molecule has 0 N–H and O–H groups in total. The van der Waals surface area contributed by atoms with Gasteiger partial charge in [-0.05, 0) is 37.0 Å². The largest absolute Gasteiger partial charge is 0.300 e. The third-order valence-electron chi connectivity index (χ3n) is 4.23. The first-order chi connectivity index (χ1) is 7.16. The van der Waals surface area contributed by atoms with Gasteiger partial charge < -0.3 is 0 Å². The minimum absolute atomic E-state index is 0.436. The fourth-order valence-electron chi connectivity index (χ4n) is 3.32. The minimum Gasteiger partial charge on any atom is -0.300 e. The van der Waals surface area contributed by atoms with Gasteiger partial charge in [-0.3, -0.25) is 9.59 Å². The maximum atomic E-state index is 11.3. The molecule has 2 aliphatic rings. The highest BCUT2D eigenvalue weighted by Gasteiger charge is 2.33. The Morgan fingerprint density at radius 3 is 2.13 bits per heavy atom. The van der Waals surface area contributed by atoms with Crippen molar-refractivity contribution in [3.05, 3.63) is 0 Å².